The highest BCUT2D eigenvalue weighted by molar-refractivity contribution is 7.90. The number of ether oxygens (including phenoxy) is 2. The molecular weight excluding hydrogens is 360 g/mol. The lowest BCUT2D eigenvalue weighted by Gasteiger charge is -2.12. The molecule has 9 nitrogen and oxygen atoms in total. The molecule has 0 unspecified atom stereocenters. The van der Waals surface area contributed by atoms with E-state index in [0.717, 1.165) is 6.42 Å². The van der Waals surface area contributed by atoms with Crippen LogP contribution in [0.25, 0.3) is 0 Å². The minimum atomic E-state index is -4.04. The molecule has 0 atom stereocenters. The Morgan fingerprint density at radius 1 is 1.12 bits per heavy atom. The highest BCUT2D eigenvalue weighted by Gasteiger charge is 2.21. The number of nitrogens with one attached hydrogen (secondary N) is 2. The van der Waals surface area contributed by atoms with Crippen molar-refractivity contribution in [3.05, 3.63) is 35.9 Å². The fraction of sp³-hybridized carbons (Fsp3) is 0.312. The molecule has 1 aromatic carbocycles. The maximum atomic E-state index is 12.5. The van der Waals surface area contributed by atoms with Gasteiger partial charge in [-0.1, -0.05) is 31.5 Å². The Kier molecular flexibility index (Phi) is 6.34. The Morgan fingerprint density at radius 2 is 1.73 bits per heavy atom. The Balaban J connectivity index is 2.19. The number of anilines is 1. The van der Waals surface area contributed by atoms with E-state index in [2.05, 4.69) is 15.3 Å². The number of urea groups is 1. The van der Waals surface area contributed by atoms with Crippen LogP contribution in [0.1, 0.15) is 18.9 Å². The summed E-state index contributed by atoms with van der Waals surface area (Å²) in [5, 5.41) is 2.26. The van der Waals surface area contributed by atoms with Crippen LogP contribution in [0.3, 0.4) is 0 Å². The van der Waals surface area contributed by atoms with Gasteiger partial charge in [-0.05, 0) is 18.1 Å². The summed E-state index contributed by atoms with van der Waals surface area (Å²) in [4.78, 5) is 20.0. The van der Waals surface area contributed by atoms with Crippen molar-refractivity contribution in [1.82, 2.24) is 14.7 Å². The molecule has 2 amide bonds. The zero-order valence-electron chi connectivity index (χ0n) is 14.6. The lowest BCUT2D eigenvalue weighted by molar-refractivity contribution is 0.256. The molecule has 2 N–H and O–H groups in total. The van der Waals surface area contributed by atoms with E-state index in [4.69, 9.17) is 9.47 Å². The van der Waals surface area contributed by atoms with Crippen molar-refractivity contribution in [3.63, 3.8) is 0 Å². The summed E-state index contributed by atoms with van der Waals surface area (Å²) in [6.07, 6.45) is 1.35. The highest BCUT2D eigenvalue weighted by Crippen LogP contribution is 2.19. The van der Waals surface area contributed by atoms with Gasteiger partial charge in [-0.2, -0.15) is 9.97 Å². The zero-order valence-corrected chi connectivity index (χ0v) is 15.5. The average molecular weight is 380 g/mol. The molecule has 0 aliphatic rings. The predicted molar refractivity (Wildman–Crippen MR) is 94.9 cm³/mol. The van der Waals surface area contributed by atoms with E-state index < -0.39 is 16.1 Å². The number of aryl methyl sites for hydroxylation is 1. The van der Waals surface area contributed by atoms with Crippen LogP contribution in [0.5, 0.6) is 11.8 Å². The minimum absolute atomic E-state index is 0.0566. The quantitative estimate of drug-likeness (QED) is 0.753. The minimum Gasteiger partial charge on any atom is -0.481 e. The van der Waals surface area contributed by atoms with Gasteiger partial charge in [0.1, 0.15) is 0 Å². The van der Waals surface area contributed by atoms with Gasteiger partial charge < -0.3 is 9.47 Å². The first-order chi connectivity index (χ1) is 12.4. The molecule has 1 heterocycles. The normalized spacial score (nSPS) is 10.9. The fourth-order valence-electron chi connectivity index (χ4n) is 2.21. The van der Waals surface area contributed by atoms with Gasteiger partial charge in [-0.15, -0.1) is 0 Å². The topological polar surface area (TPSA) is 120 Å². The third-order valence-electron chi connectivity index (χ3n) is 3.33. The zero-order chi connectivity index (χ0) is 19.2. The number of hydrogen-bond acceptors (Lipinski definition) is 7. The Hall–Kier alpha value is -2.88. The third kappa shape index (κ3) is 4.82. The van der Waals surface area contributed by atoms with Gasteiger partial charge in [-0.25, -0.2) is 17.9 Å². The van der Waals surface area contributed by atoms with Gasteiger partial charge >= 0.3 is 6.03 Å². The molecule has 0 spiro atoms. The molecule has 140 valence electrons. The van der Waals surface area contributed by atoms with Gasteiger partial charge in [0.2, 0.25) is 17.7 Å². The molecule has 0 aliphatic carbocycles. The van der Waals surface area contributed by atoms with Crippen molar-refractivity contribution in [3.8, 4) is 11.8 Å². The summed E-state index contributed by atoms with van der Waals surface area (Å²) >= 11 is 0. The summed E-state index contributed by atoms with van der Waals surface area (Å²) in [5.41, 5.74) is 0.634. The summed E-state index contributed by atoms with van der Waals surface area (Å²) < 4.78 is 36.9. The number of amides is 2. The van der Waals surface area contributed by atoms with Crippen LogP contribution in [0.2, 0.25) is 0 Å². The first-order valence-electron chi connectivity index (χ1n) is 7.78. The van der Waals surface area contributed by atoms with Crippen molar-refractivity contribution >= 4 is 22.0 Å². The van der Waals surface area contributed by atoms with Gasteiger partial charge in [0, 0.05) is 0 Å². The van der Waals surface area contributed by atoms with Crippen molar-refractivity contribution in [2.45, 2.75) is 24.7 Å². The smallest absolute Gasteiger partial charge is 0.335 e. The number of rotatable bonds is 7. The van der Waals surface area contributed by atoms with E-state index >= 15 is 0 Å². The van der Waals surface area contributed by atoms with Crippen molar-refractivity contribution < 1.29 is 22.7 Å². The van der Waals surface area contributed by atoms with E-state index in [1.165, 1.54) is 26.4 Å². The monoisotopic (exact) mass is 380 g/mol. The predicted octanol–water partition coefficient (Wildman–Crippen LogP) is 1.96. The number of carbonyl (C=O) groups is 1. The molecule has 0 bridgehead atoms. The van der Waals surface area contributed by atoms with Crippen LogP contribution in [0, 0.1) is 0 Å². The second-order valence-corrected chi connectivity index (χ2v) is 6.84. The van der Waals surface area contributed by atoms with Crippen LogP contribution < -0.4 is 19.5 Å². The van der Waals surface area contributed by atoms with Crippen LogP contribution >= 0.6 is 0 Å². The SMILES string of the molecule is CCCc1ccccc1S(=O)(=O)NC(=O)Nc1nc(OC)cc(OC)n1. The first kappa shape index (κ1) is 19.4. The number of nitrogens with zero attached hydrogens (tertiary/aromatic N) is 2. The maximum absolute atomic E-state index is 12.5. The van der Waals surface area contributed by atoms with E-state index in [-0.39, 0.29) is 22.6 Å². The lowest BCUT2D eigenvalue weighted by atomic mass is 10.1. The molecule has 10 heteroatoms. The van der Waals surface area contributed by atoms with Crippen LogP contribution in [0.4, 0.5) is 10.7 Å². The molecule has 0 saturated heterocycles. The molecule has 0 radical (unpaired) electrons. The van der Waals surface area contributed by atoms with Gasteiger partial charge in [0.25, 0.3) is 10.0 Å². The first-order valence-corrected chi connectivity index (χ1v) is 9.26. The van der Waals surface area contributed by atoms with Crippen molar-refractivity contribution in [1.29, 1.82) is 0 Å². The number of methoxy groups -OCH3 is 2. The average Bonchev–Trinajstić information content (AvgIpc) is 2.61. The Morgan fingerprint density at radius 3 is 2.31 bits per heavy atom. The number of aromatic nitrogens is 2. The summed E-state index contributed by atoms with van der Waals surface area (Å²) in [6, 6.07) is 6.94. The van der Waals surface area contributed by atoms with Crippen LogP contribution in [-0.2, 0) is 16.4 Å². The molecule has 1 aromatic heterocycles. The number of sulfonamides is 1. The molecule has 2 aromatic rings. The Labute approximate surface area is 151 Å². The maximum Gasteiger partial charge on any atom is 0.335 e. The molecule has 0 fully saturated rings. The second kappa shape index (κ2) is 8.48. The highest BCUT2D eigenvalue weighted by atomic mass is 32.2. The number of carbonyl (C=O) groups excluding carboxylic acids is 1. The molecule has 0 saturated carbocycles. The standard InChI is InChI=1S/C16H20N4O5S/c1-4-7-11-8-5-6-9-12(11)26(22,23)20-16(21)19-15-17-13(24-2)10-14(18-15)25-3/h5-6,8-10H,4,7H2,1-3H3,(H2,17,18,19,20,21). The van der Waals surface area contributed by atoms with E-state index in [1.807, 2.05) is 11.6 Å². The van der Waals surface area contributed by atoms with E-state index in [1.54, 1.807) is 18.2 Å². The molecular formula is C16H20N4O5S. The van der Waals surface area contributed by atoms with E-state index in [9.17, 15) is 13.2 Å². The third-order valence-corrected chi connectivity index (χ3v) is 4.76. The summed E-state index contributed by atoms with van der Waals surface area (Å²) in [5.74, 6) is 0.155. The molecule has 26 heavy (non-hydrogen) atoms. The summed E-state index contributed by atoms with van der Waals surface area (Å²) in [6.45, 7) is 1.94. The second-order valence-electron chi connectivity index (χ2n) is 5.19. The van der Waals surface area contributed by atoms with Crippen LogP contribution in [-0.4, -0.2) is 38.6 Å². The molecule has 2 rings (SSSR count). The van der Waals surface area contributed by atoms with E-state index in [0.29, 0.717) is 12.0 Å². The van der Waals surface area contributed by atoms with Crippen LogP contribution in [0.15, 0.2) is 35.2 Å². The van der Waals surface area contributed by atoms with Crippen molar-refractivity contribution in [2.75, 3.05) is 19.5 Å². The lowest BCUT2D eigenvalue weighted by Crippen LogP contribution is -2.35. The van der Waals surface area contributed by atoms with Gasteiger partial charge in [-0.3, -0.25) is 5.32 Å². The largest absolute Gasteiger partial charge is 0.481 e. The number of hydrogen-bond donors (Lipinski definition) is 2. The van der Waals surface area contributed by atoms with Gasteiger partial charge in [0.05, 0.1) is 25.2 Å². The molecule has 0 aliphatic heterocycles. The number of benzene rings is 1. The fourth-order valence-corrected chi connectivity index (χ4v) is 3.39. The van der Waals surface area contributed by atoms with Gasteiger partial charge in [0.15, 0.2) is 0 Å². The van der Waals surface area contributed by atoms with Crippen molar-refractivity contribution in [2.24, 2.45) is 0 Å². The Bertz CT molecular complexity index is 864. The summed E-state index contributed by atoms with van der Waals surface area (Å²) in [7, 11) is -1.26.